The molecule has 0 spiro atoms. The van der Waals surface area contributed by atoms with Crippen molar-refractivity contribution in [3.8, 4) is 5.75 Å². The first kappa shape index (κ1) is 22.7. The molecule has 0 unspecified atom stereocenters. The molecule has 30 heavy (non-hydrogen) atoms. The van der Waals surface area contributed by atoms with Crippen LogP contribution in [0.15, 0.2) is 30.3 Å². The highest BCUT2D eigenvalue weighted by atomic mass is 16.5. The van der Waals surface area contributed by atoms with Crippen LogP contribution < -0.4 is 10.1 Å². The Kier molecular flexibility index (Phi) is 8.61. The molecule has 2 aromatic rings. The maximum Gasteiger partial charge on any atom is 0.142 e. The van der Waals surface area contributed by atoms with E-state index in [1.807, 2.05) is 38.1 Å². The van der Waals surface area contributed by atoms with Gasteiger partial charge in [0.1, 0.15) is 24.3 Å². The molecule has 1 atom stereocenters. The van der Waals surface area contributed by atoms with E-state index in [9.17, 15) is 5.11 Å². The van der Waals surface area contributed by atoms with Gasteiger partial charge in [0.2, 0.25) is 0 Å². The lowest BCUT2D eigenvalue weighted by Crippen LogP contribution is -2.40. The molecule has 1 aliphatic carbocycles. The molecule has 6 heteroatoms. The number of benzene rings is 1. The van der Waals surface area contributed by atoms with E-state index in [0.29, 0.717) is 32.3 Å². The molecular weight excluding hydrogens is 376 g/mol. The van der Waals surface area contributed by atoms with Crippen molar-refractivity contribution in [3.05, 3.63) is 53.1 Å². The first-order valence-corrected chi connectivity index (χ1v) is 11.1. The molecule has 0 radical (unpaired) electrons. The van der Waals surface area contributed by atoms with Gasteiger partial charge in [0.15, 0.2) is 0 Å². The molecule has 0 aliphatic heterocycles. The molecule has 164 valence electrons. The van der Waals surface area contributed by atoms with Crippen LogP contribution in [0.1, 0.15) is 54.9 Å². The van der Waals surface area contributed by atoms with Crippen molar-refractivity contribution in [1.82, 2.24) is 20.2 Å². The second kappa shape index (κ2) is 11.4. The van der Waals surface area contributed by atoms with E-state index in [1.165, 1.54) is 32.1 Å². The van der Waals surface area contributed by atoms with Crippen LogP contribution in [0.25, 0.3) is 0 Å². The van der Waals surface area contributed by atoms with E-state index >= 15 is 0 Å². The number of ether oxygens (including phenoxy) is 1. The van der Waals surface area contributed by atoms with E-state index in [-0.39, 0.29) is 0 Å². The summed E-state index contributed by atoms with van der Waals surface area (Å²) in [5.41, 5.74) is 3.11. The van der Waals surface area contributed by atoms with Gasteiger partial charge in [0.05, 0.1) is 6.54 Å². The topological polar surface area (TPSA) is 70.5 Å². The van der Waals surface area contributed by atoms with E-state index in [0.717, 1.165) is 28.5 Å². The Balaban J connectivity index is 1.42. The minimum absolute atomic E-state index is 0.310. The molecule has 1 aliphatic rings. The zero-order valence-corrected chi connectivity index (χ0v) is 18.6. The standard InChI is InChI=1S/C24H36N4O2/c1-18-12-19(2)27-24(26-18)15-25-14-20-8-7-11-23(13-20)30-17-22(29)16-28(3)21-9-5-4-6-10-21/h7-8,11-13,21-22,25,29H,4-6,9-10,14-17H2,1-3H3/t22-/m0/s1. The maximum atomic E-state index is 10.4. The first-order valence-electron chi connectivity index (χ1n) is 11.1. The summed E-state index contributed by atoms with van der Waals surface area (Å²) in [5, 5.41) is 13.8. The van der Waals surface area contributed by atoms with Crippen LogP contribution in [0.2, 0.25) is 0 Å². The number of aromatic nitrogens is 2. The van der Waals surface area contributed by atoms with Gasteiger partial charge < -0.3 is 20.1 Å². The summed E-state index contributed by atoms with van der Waals surface area (Å²) < 4.78 is 5.86. The van der Waals surface area contributed by atoms with Crippen molar-refractivity contribution in [3.63, 3.8) is 0 Å². The molecule has 3 rings (SSSR count). The summed E-state index contributed by atoms with van der Waals surface area (Å²) in [6, 6.07) is 10.6. The smallest absolute Gasteiger partial charge is 0.142 e. The van der Waals surface area contributed by atoms with Crippen molar-refractivity contribution < 1.29 is 9.84 Å². The second-order valence-electron chi connectivity index (χ2n) is 8.51. The van der Waals surface area contributed by atoms with Gasteiger partial charge in [-0.15, -0.1) is 0 Å². The fourth-order valence-electron chi connectivity index (χ4n) is 4.19. The normalized spacial score (nSPS) is 16.0. The van der Waals surface area contributed by atoms with Crippen LogP contribution in [0.4, 0.5) is 0 Å². The third-order valence-electron chi connectivity index (χ3n) is 5.68. The van der Waals surface area contributed by atoms with Gasteiger partial charge in [-0.2, -0.15) is 0 Å². The number of hydrogen-bond donors (Lipinski definition) is 2. The number of nitrogens with one attached hydrogen (secondary N) is 1. The lowest BCUT2D eigenvalue weighted by molar-refractivity contribution is 0.0561. The second-order valence-corrected chi connectivity index (χ2v) is 8.51. The summed E-state index contributed by atoms with van der Waals surface area (Å²) in [5.74, 6) is 1.60. The van der Waals surface area contributed by atoms with Crippen LogP contribution in [-0.4, -0.2) is 52.3 Å². The highest BCUT2D eigenvalue weighted by Crippen LogP contribution is 2.21. The van der Waals surface area contributed by atoms with Crippen LogP contribution >= 0.6 is 0 Å². The Bertz CT molecular complexity index is 772. The molecular formula is C24H36N4O2. The lowest BCUT2D eigenvalue weighted by atomic mass is 9.94. The number of hydrogen-bond acceptors (Lipinski definition) is 6. The SMILES string of the molecule is Cc1cc(C)nc(CNCc2cccc(OC[C@@H](O)CN(C)C3CCCCC3)c2)n1. The van der Waals surface area contributed by atoms with Crippen molar-refractivity contribution in [2.75, 3.05) is 20.2 Å². The molecule has 1 fully saturated rings. The Hall–Kier alpha value is -2.02. The Morgan fingerprint density at radius 2 is 1.83 bits per heavy atom. The first-order chi connectivity index (χ1) is 14.5. The number of likely N-dealkylation sites (N-methyl/N-ethyl adjacent to an activating group) is 1. The molecule has 2 N–H and O–H groups in total. The highest BCUT2D eigenvalue weighted by Gasteiger charge is 2.20. The largest absolute Gasteiger partial charge is 0.491 e. The van der Waals surface area contributed by atoms with Gasteiger partial charge in [0, 0.05) is 30.5 Å². The summed E-state index contributed by atoms with van der Waals surface area (Å²) in [7, 11) is 2.12. The number of aliphatic hydroxyl groups excluding tert-OH is 1. The predicted octanol–water partition coefficient (Wildman–Crippen LogP) is 3.39. The quantitative estimate of drug-likeness (QED) is 0.623. The van der Waals surface area contributed by atoms with Crippen molar-refractivity contribution >= 4 is 0 Å². The van der Waals surface area contributed by atoms with Crippen LogP contribution in [-0.2, 0) is 13.1 Å². The fourth-order valence-corrected chi connectivity index (χ4v) is 4.19. The van der Waals surface area contributed by atoms with E-state index in [1.54, 1.807) is 0 Å². The number of rotatable bonds is 10. The maximum absolute atomic E-state index is 10.4. The van der Waals surface area contributed by atoms with E-state index in [2.05, 4.69) is 33.3 Å². The zero-order chi connectivity index (χ0) is 21.3. The van der Waals surface area contributed by atoms with Crippen molar-refractivity contribution in [1.29, 1.82) is 0 Å². The van der Waals surface area contributed by atoms with Gasteiger partial charge >= 0.3 is 0 Å². The van der Waals surface area contributed by atoms with Crippen LogP contribution in [0, 0.1) is 13.8 Å². The van der Waals surface area contributed by atoms with Crippen molar-refractivity contribution in [2.45, 2.75) is 71.2 Å². The lowest BCUT2D eigenvalue weighted by Gasteiger charge is -2.32. The molecule has 1 aromatic carbocycles. The molecule has 6 nitrogen and oxygen atoms in total. The number of aryl methyl sites for hydroxylation is 2. The average Bonchev–Trinajstić information content (AvgIpc) is 2.72. The number of aliphatic hydroxyl groups is 1. The predicted molar refractivity (Wildman–Crippen MR) is 119 cm³/mol. The fraction of sp³-hybridized carbons (Fsp3) is 0.583. The highest BCUT2D eigenvalue weighted by molar-refractivity contribution is 5.28. The van der Waals surface area contributed by atoms with Gasteiger partial charge in [0.25, 0.3) is 0 Å². The summed E-state index contributed by atoms with van der Waals surface area (Å²) >= 11 is 0. The van der Waals surface area contributed by atoms with Gasteiger partial charge in [-0.1, -0.05) is 31.4 Å². The Labute approximate surface area is 180 Å². The third kappa shape index (κ3) is 7.35. The Morgan fingerprint density at radius 3 is 2.57 bits per heavy atom. The van der Waals surface area contributed by atoms with Gasteiger partial charge in [-0.25, -0.2) is 9.97 Å². The van der Waals surface area contributed by atoms with Gasteiger partial charge in [-0.3, -0.25) is 0 Å². The average molecular weight is 413 g/mol. The molecule has 1 aromatic heterocycles. The molecule has 1 saturated carbocycles. The molecule has 0 bridgehead atoms. The summed E-state index contributed by atoms with van der Waals surface area (Å²) in [6.45, 7) is 6.27. The molecule has 0 amide bonds. The monoisotopic (exact) mass is 412 g/mol. The minimum Gasteiger partial charge on any atom is -0.491 e. The molecule has 0 saturated heterocycles. The summed E-state index contributed by atoms with van der Waals surface area (Å²) in [4.78, 5) is 11.2. The van der Waals surface area contributed by atoms with E-state index in [4.69, 9.17) is 4.74 Å². The van der Waals surface area contributed by atoms with Crippen molar-refractivity contribution in [2.24, 2.45) is 0 Å². The van der Waals surface area contributed by atoms with E-state index < -0.39 is 6.10 Å². The van der Waals surface area contributed by atoms with Gasteiger partial charge in [-0.05, 0) is 57.5 Å². The van der Waals surface area contributed by atoms with Crippen LogP contribution in [0.5, 0.6) is 5.75 Å². The molecule has 1 heterocycles. The van der Waals surface area contributed by atoms with Crippen LogP contribution in [0.3, 0.4) is 0 Å². The number of nitrogens with zero attached hydrogens (tertiary/aromatic N) is 3. The minimum atomic E-state index is -0.486. The third-order valence-corrected chi connectivity index (χ3v) is 5.68. The Morgan fingerprint density at radius 1 is 1.10 bits per heavy atom. The summed E-state index contributed by atoms with van der Waals surface area (Å²) in [6.07, 6.45) is 5.95. The zero-order valence-electron chi connectivity index (χ0n) is 18.6.